The van der Waals surface area contributed by atoms with E-state index >= 15 is 0 Å². The summed E-state index contributed by atoms with van der Waals surface area (Å²) in [6.45, 7) is 0. The zero-order chi connectivity index (χ0) is 14.8. The number of hydrogen-bond donors (Lipinski definition) is 1. The van der Waals surface area contributed by atoms with Gasteiger partial charge in [-0.2, -0.15) is 13.2 Å². The van der Waals surface area contributed by atoms with Crippen molar-refractivity contribution in [3.8, 4) is 0 Å². The van der Waals surface area contributed by atoms with Gasteiger partial charge in [-0.25, -0.2) is 4.39 Å². The van der Waals surface area contributed by atoms with Gasteiger partial charge in [-0.1, -0.05) is 17.7 Å². The van der Waals surface area contributed by atoms with E-state index in [0.717, 1.165) is 43.4 Å². The van der Waals surface area contributed by atoms with Crippen LogP contribution < -0.4 is 5.32 Å². The number of likely N-dealkylation sites (N-methyl/N-ethyl adjacent to an activating group) is 1. The fourth-order valence-corrected chi connectivity index (χ4v) is 2.63. The monoisotopic (exact) mass is 287 g/mol. The van der Waals surface area contributed by atoms with Crippen molar-refractivity contribution in [2.24, 2.45) is 0 Å². The van der Waals surface area contributed by atoms with Crippen LogP contribution >= 0.6 is 0 Å². The summed E-state index contributed by atoms with van der Waals surface area (Å²) < 4.78 is 51.6. The minimum absolute atomic E-state index is 0.281. The highest BCUT2D eigenvalue weighted by molar-refractivity contribution is 5.34. The average Bonchev–Trinajstić information content (AvgIpc) is 2.41. The van der Waals surface area contributed by atoms with Crippen molar-refractivity contribution in [1.82, 2.24) is 5.32 Å². The third-order valence-electron chi connectivity index (χ3n) is 3.61. The molecule has 20 heavy (non-hydrogen) atoms. The fourth-order valence-electron chi connectivity index (χ4n) is 2.63. The molecule has 0 fully saturated rings. The molecule has 1 N–H and O–H groups in total. The first-order valence-electron chi connectivity index (χ1n) is 6.66. The van der Waals surface area contributed by atoms with E-state index in [1.165, 1.54) is 6.07 Å². The van der Waals surface area contributed by atoms with Crippen LogP contribution in [0, 0.1) is 5.82 Å². The predicted octanol–water partition coefficient (Wildman–Crippen LogP) is 4.61. The number of benzene rings is 1. The van der Waals surface area contributed by atoms with Gasteiger partial charge >= 0.3 is 6.18 Å². The number of alkyl halides is 3. The fraction of sp³-hybridized carbons (Fsp3) is 0.467. The van der Waals surface area contributed by atoms with Crippen LogP contribution in [0.15, 0.2) is 29.8 Å². The van der Waals surface area contributed by atoms with Gasteiger partial charge in [-0.15, -0.1) is 0 Å². The van der Waals surface area contributed by atoms with E-state index in [0.29, 0.717) is 5.56 Å². The lowest BCUT2D eigenvalue weighted by Gasteiger charge is -2.24. The van der Waals surface area contributed by atoms with Crippen molar-refractivity contribution < 1.29 is 17.6 Å². The highest BCUT2D eigenvalue weighted by atomic mass is 19.4. The van der Waals surface area contributed by atoms with Crippen LogP contribution in [0.5, 0.6) is 0 Å². The van der Waals surface area contributed by atoms with Gasteiger partial charge < -0.3 is 5.32 Å². The van der Waals surface area contributed by atoms with E-state index in [9.17, 15) is 17.6 Å². The van der Waals surface area contributed by atoms with Gasteiger partial charge in [0.2, 0.25) is 0 Å². The first-order chi connectivity index (χ1) is 9.43. The molecule has 0 aromatic heterocycles. The first-order valence-corrected chi connectivity index (χ1v) is 6.66. The zero-order valence-electron chi connectivity index (χ0n) is 11.2. The predicted molar refractivity (Wildman–Crippen MR) is 69.8 cm³/mol. The molecule has 0 spiro atoms. The van der Waals surface area contributed by atoms with Gasteiger partial charge in [-0.05, 0) is 50.4 Å². The number of rotatable bonds is 3. The Balaban J connectivity index is 2.38. The van der Waals surface area contributed by atoms with Crippen LogP contribution in [0.25, 0.3) is 0 Å². The molecule has 0 amide bonds. The smallest absolute Gasteiger partial charge is 0.310 e. The number of nitrogens with one attached hydrogen (secondary N) is 1. The summed E-state index contributed by atoms with van der Waals surface area (Å²) in [6, 6.07) is 2.94. The summed E-state index contributed by atoms with van der Waals surface area (Å²) in [5.74, 6) is -1.23. The third-order valence-corrected chi connectivity index (χ3v) is 3.61. The van der Waals surface area contributed by atoms with Crippen LogP contribution in [0.1, 0.15) is 42.9 Å². The van der Waals surface area contributed by atoms with Crippen molar-refractivity contribution >= 4 is 0 Å². The van der Waals surface area contributed by atoms with E-state index in [-0.39, 0.29) is 6.04 Å². The Morgan fingerprint density at radius 3 is 2.50 bits per heavy atom. The Bertz CT molecular complexity index is 505. The number of halogens is 4. The standard InChI is InChI=1S/C15H17F4N/c1-20-14(10-5-3-2-4-6-10)11-7-8-13(16)12(9-11)15(17,18)19/h5,7-9,14,20H,2-4,6H2,1H3. The lowest BCUT2D eigenvalue weighted by molar-refractivity contribution is -0.140. The molecule has 1 atom stereocenters. The van der Waals surface area contributed by atoms with Crippen LogP contribution in [-0.2, 0) is 6.18 Å². The summed E-state index contributed by atoms with van der Waals surface area (Å²) in [5, 5.41) is 3.03. The Morgan fingerprint density at radius 1 is 1.20 bits per heavy atom. The molecule has 0 radical (unpaired) electrons. The van der Waals surface area contributed by atoms with E-state index in [1.54, 1.807) is 7.05 Å². The molecule has 1 aliphatic carbocycles. The molecular formula is C15H17F4N. The lowest BCUT2D eigenvalue weighted by atomic mass is 9.89. The molecule has 110 valence electrons. The van der Waals surface area contributed by atoms with E-state index in [4.69, 9.17) is 0 Å². The topological polar surface area (TPSA) is 12.0 Å². The third kappa shape index (κ3) is 3.20. The maximum absolute atomic E-state index is 13.3. The summed E-state index contributed by atoms with van der Waals surface area (Å²) >= 11 is 0. The van der Waals surface area contributed by atoms with E-state index in [1.807, 2.05) is 0 Å². The van der Waals surface area contributed by atoms with Crippen molar-refractivity contribution in [2.75, 3.05) is 7.05 Å². The minimum Gasteiger partial charge on any atom is -0.310 e. The van der Waals surface area contributed by atoms with Gasteiger partial charge in [0.25, 0.3) is 0 Å². The molecule has 0 saturated heterocycles. The summed E-state index contributed by atoms with van der Waals surface area (Å²) in [5.41, 5.74) is 0.333. The quantitative estimate of drug-likeness (QED) is 0.632. The van der Waals surface area contributed by atoms with Crippen LogP contribution in [-0.4, -0.2) is 7.05 Å². The second-order valence-corrected chi connectivity index (χ2v) is 4.98. The molecule has 0 saturated carbocycles. The molecule has 0 bridgehead atoms. The lowest BCUT2D eigenvalue weighted by Crippen LogP contribution is -2.21. The second-order valence-electron chi connectivity index (χ2n) is 4.98. The van der Waals surface area contributed by atoms with Gasteiger partial charge in [0.15, 0.2) is 0 Å². The largest absolute Gasteiger partial charge is 0.419 e. The molecule has 5 heteroatoms. The molecule has 1 aromatic carbocycles. The summed E-state index contributed by atoms with van der Waals surface area (Å²) in [4.78, 5) is 0. The van der Waals surface area contributed by atoms with Crippen molar-refractivity contribution in [3.05, 3.63) is 46.8 Å². The van der Waals surface area contributed by atoms with E-state index < -0.39 is 17.6 Å². The van der Waals surface area contributed by atoms with Gasteiger partial charge in [0.1, 0.15) is 5.82 Å². The van der Waals surface area contributed by atoms with Crippen molar-refractivity contribution in [1.29, 1.82) is 0 Å². The maximum atomic E-state index is 13.3. The van der Waals surface area contributed by atoms with Gasteiger partial charge in [0.05, 0.1) is 11.6 Å². The molecule has 1 aliphatic rings. The second kappa shape index (κ2) is 5.95. The highest BCUT2D eigenvalue weighted by Gasteiger charge is 2.34. The SMILES string of the molecule is CNC(C1=CCCCC1)c1ccc(F)c(C(F)(F)F)c1. The molecule has 0 heterocycles. The summed E-state index contributed by atoms with van der Waals surface area (Å²) in [7, 11) is 1.71. The number of allylic oxidation sites excluding steroid dienone is 1. The van der Waals surface area contributed by atoms with Crippen molar-refractivity contribution in [2.45, 2.75) is 37.9 Å². The zero-order valence-corrected chi connectivity index (χ0v) is 11.2. The molecule has 0 aliphatic heterocycles. The van der Waals surface area contributed by atoms with E-state index in [2.05, 4.69) is 11.4 Å². The van der Waals surface area contributed by atoms with Crippen molar-refractivity contribution in [3.63, 3.8) is 0 Å². The Kier molecular flexibility index (Phi) is 4.48. The highest BCUT2D eigenvalue weighted by Crippen LogP contribution is 2.35. The van der Waals surface area contributed by atoms with Gasteiger partial charge in [-0.3, -0.25) is 0 Å². The minimum atomic E-state index is -4.67. The molecule has 2 rings (SSSR count). The van der Waals surface area contributed by atoms with Crippen LogP contribution in [0.4, 0.5) is 17.6 Å². The summed E-state index contributed by atoms with van der Waals surface area (Å²) in [6.07, 6.45) is 1.36. The Labute approximate surface area is 115 Å². The van der Waals surface area contributed by atoms with Gasteiger partial charge in [0, 0.05) is 0 Å². The molecule has 1 unspecified atom stereocenters. The maximum Gasteiger partial charge on any atom is 0.419 e. The molecule has 1 aromatic rings. The molecular weight excluding hydrogens is 270 g/mol. The Morgan fingerprint density at radius 2 is 1.95 bits per heavy atom. The van der Waals surface area contributed by atoms with Crippen LogP contribution in [0.2, 0.25) is 0 Å². The Hall–Kier alpha value is -1.36. The van der Waals surface area contributed by atoms with Crippen LogP contribution in [0.3, 0.4) is 0 Å². The number of hydrogen-bond acceptors (Lipinski definition) is 1. The normalized spacial score (nSPS) is 17.8. The first kappa shape index (κ1) is 15.0. The average molecular weight is 287 g/mol. The molecule has 1 nitrogen and oxygen atoms in total.